The number of rotatable bonds is 7. The van der Waals surface area contributed by atoms with E-state index in [1.54, 1.807) is 22.4 Å². The number of nitrogens with one attached hydrogen (secondary N) is 1. The smallest absolute Gasteiger partial charge is 0.273 e. The van der Waals surface area contributed by atoms with E-state index in [1.165, 1.54) is 23.5 Å². The van der Waals surface area contributed by atoms with Gasteiger partial charge in [-0.05, 0) is 49.9 Å². The zero-order valence-electron chi connectivity index (χ0n) is 15.6. The minimum atomic E-state index is -0.302. The molecule has 0 atom stereocenters. The molecule has 2 aliphatic rings. The van der Waals surface area contributed by atoms with Crippen LogP contribution in [-0.4, -0.2) is 52.3 Å². The van der Waals surface area contributed by atoms with E-state index >= 15 is 0 Å². The summed E-state index contributed by atoms with van der Waals surface area (Å²) in [6, 6.07) is 6.20. The number of halogens is 1. The van der Waals surface area contributed by atoms with Crippen LogP contribution in [0.2, 0.25) is 0 Å². The maximum Gasteiger partial charge on any atom is 0.273 e. The van der Waals surface area contributed by atoms with Gasteiger partial charge in [0, 0.05) is 43.2 Å². The van der Waals surface area contributed by atoms with Crippen molar-refractivity contribution in [2.24, 2.45) is 0 Å². The molecule has 2 aromatic rings. The van der Waals surface area contributed by atoms with E-state index in [4.69, 9.17) is 0 Å². The van der Waals surface area contributed by atoms with Gasteiger partial charge in [0.1, 0.15) is 11.5 Å². The Morgan fingerprint density at radius 1 is 1.21 bits per heavy atom. The first-order valence-corrected chi connectivity index (χ1v) is 10.5. The van der Waals surface area contributed by atoms with Crippen LogP contribution in [0, 0.1) is 5.82 Å². The van der Waals surface area contributed by atoms with E-state index in [0.29, 0.717) is 29.5 Å². The van der Waals surface area contributed by atoms with Gasteiger partial charge in [0.15, 0.2) is 5.13 Å². The number of amides is 2. The molecule has 2 heterocycles. The molecule has 2 fully saturated rings. The number of benzene rings is 1. The number of carbonyl (C=O) groups is 2. The van der Waals surface area contributed by atoms with E-state index in [-0.39, 0.29) is 23.7 Å². The minimum absolute atomic E-state index is 0.125. The molecule has 28 heavy (non-hydrogen) atoms. The van der Waals surface area contributed by atoms with Crippen molar-refractivity contribution in [2.75, 3.05) is 25.0 Å². The van der Waals surface area contributed by atoms with E-state index in [9.17, 15) is 14.0 Å². The molecule has 1 saturated heterocycles. The Morgan fingerprint density at radius 2 is 1.93 bits per heavy atom. The van der Waals surface area contributed by atoms with Crippen LogP contribution in [0.3, 0.4) is 0 Å². The Bertz CT molecular complexity index is 844. The highest BCUT2D eigenvalue weighted by atomic mass is 32.1. The monoisotopic (exact) mass is 402 g/mol. The number of likely N-dealkylation sites (tertiary alicyclic amines) is 1. The largest absolute Gasteiger partial charge is 0.343 e. The molecule has 8 heteroatoms. The van der Waals surface area contributed by atoms with Crippen LogP contribution in [0.15, 0.2) is 29.6 Å². The number of carbonyl (C=O) groups excluding carboxylic acids is 2. The first-order chi connectivity index (χ1) is 13.6. The Balaban J connectivity index is 1.38. The summed E-state index contributed by atoms with van der Waals surface area (Å²) in [6.07, 6.45) is 4.47. The lowest BCUT2D eigenvalue weighted by Gasteiger charge is -2.23. The number of thiazole rings is 1. The van der Waals surface area contributed by atoms with Gasteiger partial charge in [-0.15, -0.1) is 11.3 Å². The lowest BCUT2D eigenvalue weighted by Crippen LogP contribution is -2.37. The predicted molar refractivity (Wildman–Crippen MR) is 106 cm³/mol. The maximum absolute atomic E-state index is 13.0. The molecule has 1 saturated carbocycles. The first kappa shape index (κ1) is 18.9. The summed E-state index contributed by atoms with van der Waals surface area (Å²) >= 11 is 1.33. The first-order valence-electron chi connectivity index (χ1n) is 9.67. The molecule has 6 nitrogen and oxygen atoms in total. The van der Waals surface area contributed by atoms with Crippen molar-refractivity contribution in [1.82, 2.24) is 14.8 Å². The van der Waals surface area contributed by atoms with E-state index < -0.39 is 0 Å². The maximum atomic E-state index is 13.0. The van der Waals surface area contributed by atoms with Crippen LogP contribution in [-0.2, 0) is 4.79 Å². The second-order valence-electron chi connectivity index (χ2n) is 7.24. The fourth-order valence-corrected chi connectivity index (χ4v) is 4.11. The lowest BCUT2D eigenvalue weighted by atomic mass is 10.3. The van der Waals surface area contributed by atoms with Gasteiger partial charge < -0.3 is 15.1 Å². The van der Waals surface area contributed by atoms with Crippen molar-refractivity contribution < 1.29 is 14.0 Å². The molecular weight excluding hydrogens is 379 g/mol. The summed E-state index contributed by atoms with van der Waals surface area (Å²) in [7, 11) is 0. The normalized spacial score (nSPS) is 16.2. The number of hydrogen-bond acceptors (Lipinski definition) is 5. The lowest BCUT2D eigenvalue weighted by molar-refractivity contribution is -0.130. The Kier molecular flexibility index (Phi) is 5.57. The highest BCUT2D eigenvalue weighted by Gasteiger charge is 2.34. The van der Waals surface area contributed by atoms with E-state index in [0.717, 1.165) is 38.8 Å². The van der Waals surface area contributed by atoms with Gasteiger partial charge in [-0.2, -0.15) is 0 Å². The van der Waals surface area contributed by atoms with Crippen molar-refractivity contribution in [2.45, 2.75) is 38.1 Å². The molecule has 1 aliphatic carbocycles. The second kappa shape index (κ2) is 8.26. The zero-order chi connectivity index (χ0) is 19.5. The molecule has 1 N–H and O–H groups in total. The molecule has 0 unspecified atom stereocenters. The summed E-state index contributed by atoms with van der Waals surface area (Å²) in [5.74, 6) is -0.294. The van der Waals surface area contributed by atoms with Crippen molar-refractivity contribution in [3.05, 3.63) is 41.2 Å². The van der Waals surface area contributed by atoms with E-state index in [1.807, 2.05) is 4.90 Å². The highest BCUT2D eigenvalue weighted by Crippen LogP contribution is 2.30. The SMILES string of the molecule is O=C(CCN(C(=O)c1csc(Nc2ccc(F)cc2)n1)C1CC1)N1CCCC1. The summed E-state index contributed by atoms with van der Waals surface area (Å²) < 4.78 is 13.0. The van der Waals surface area contributed by atoms with Crippen LogP contribution in [0.1, 0.15) is 42.6 Å². The standard InChI is InChI=1S/C20H23FN4O2S/c21-14-3-5-15(6-4-14)22-20-23-17(13-28-20)19(27)25(16-7-8-16)12-9-18(26)24-10-1-2-11-24/h3-6,13,16H,1-2,7-12H2,(H,22,23). The highest BCUT2D eigenvalue weighted by molar-refractivity contribution is 7.14. The van der Waals surface area contributed by atoms with Crippen molar-refractivity contribution in [3.63, 3.8) is 0 Å². The van der Waals surface area contributed by atoms with E-state index in [2.05, 4.69) is 10.3 Å². The predicted octanol–water partition coefficient (Wildman–Crippen LogP) is 3.64. The molecule has 0 bridgehead atoms. The molecular formula is C20H23FN4O2S. The summed E-state index contributed by atoms with van der Waals surface area (Å²) in [6.45, 7) is 2.11. The third kappa shape index (κ3) is 4.49. The fourth-order valence-electron chi connectivity index (χ4n) is 3.41. The third-order valence-electron chi connectivity index (χ3n) is 5.09. The van der Waals surface area contributed by atoms with Crippen LogP contribution in [0.5, 0.6) is 0 Å². The van der Waals surface area contributed by atoms with Gasteiger partial charge in [0.25, 0.3) is 5.91 Å². The number of nitrogens with zero attached hydrogens (tertiary/aromatic N) is 3. The van der Waals surface area contributed by atoms with Gasteiger partial charge in [-0.3, -0.25) is 9.59 Å². The van der Waals surface area contributed by atoms with Gasteiger partial charge in [0.2, 0.25) is 5.91 Å². The Morgan fingerprint density at radius 3 is 2.61 bits per heavy atom. The molecule has 1 aromatic heterocycles. The van der Waals surface area contributed by atoms with Gasteiger partial charge in [-0.1, -0.05) is 0 Å². The molecule has 1 aliphatic heterocycles. The average molecular weight is 402 g/mol. The Hall–Kier alpha value is -2.48. The van der Waals surface area contributed by atoms with Crippen LogP contribution in [0.4, 0.5) is 15.2 Å². The van der Waals surface area contributed by atoms with Gasteiger partial charge in [0.05, 0.1) is 0 Å². The molecule has 0 radical (unpaired) electrons. The van der Waals surface area contributed by atoms with Gasteiger partial charge in [-0.25, -0.2) is 9.37 Å². The minimum Gasteiger partial charge on any atom is -0.343 e. The molecule has 148 valence electrons. The quantitative estimate of drug-likeness (QED) is 0.768. The third-order valence-corrected chi connectivity index (χ3v) is 5.85. The van der Waals surface area contributed by atoms with Gasteiger partial charge >= 0.3 is 0 Å². The average Bonchev–Trinajstić information content (AvgIpc) is 3.19. The summed E-state index contributed by atoms with van der Waals surface area (Å²) in [5.41, 5.74) is 1.10. The number of aromatic nitrogens is 1. The fraction of sp³-hybridized carbons (Fsp3) is 0.450. The number of anilines is 2. The molecule has 1 aromatic carbocycles. The molecule has 0 spiro atoms. The topological polar surface area (TPSA) is 65.5 Å². The van der Waals surface area contributed by atoms with Crippen molar-refractivity contribution in [1.29, 1.82) is 0 Å². The van der Waals surface area contributed by atoms with Crippen molar-refractivity contribution >= 4 is 34.0 Å². The Labute approximate surface area is 167 Å². The molecule has 2 amide bonds. The summed E-state index contributed by atoms with van der Waals surface area (Å²) in [4.78, 5) is 33.3. The summed E-state index contributed by atoms with van der Waals surface area (Å²) in [5, 5.41) is 5.40. The number of hydrogen-bond donors (Lipinski definition) is 1. The van der Waals surface area contributed by atoms with Crippen LogP contribution in [0.25, 0.3) is 0 Å². The van der Waals surface area contributed by atoms with Crippen LogP contribution < -0.4 is 5.32 Å². The van der Waals surface area contributed by atoms with Crippen LogP contribution >= 0.6 is 11.3 Å². The second-order valence-corrected chi connectivity index (χ2v) is 8.10. The van der Waals surface area contributed by atoms with Crippen molar-refractivity contribution in [3.8, 4) is 0 Å². The molecule has 4 rings (SSSR count). The zero-order valence-corrected chi connectivity index (χ0v) is 16.4.